The van der Waals surface area contributed by atoms with Crippen LogP contribution in [0.2, 0.25) is 0 Å². The highest BCUT2D eigenvalue weighted by atomic mass is 16.5. The molecule has 0 bridgehead atoms. The van der Waals surface area contributed by atoms with Gasteiger partial charge in [0.05, 0.1) is 13.2 Å². The van der Waals surface area contributed by atoms with Gasteiger partial charge in [-0.2, -0.15) is 0 Å². The first kappa shape index (κ1) is 19.5. The molecule has 0 saturated heterocycles. The Hall–Kier alpha value is -2.80. The van der Waals surface area contributed by atoms with Gasteiger partial charge in [0.15, 0.2) is 5.76 Å². The summed E-state index contributed by atoms with van der Waals surface area (Å²) in [5.74, 6) is 0.503. The molecule has 0 aliphatic carbocycles. The van der Waals surface area contributed by atoms with Crippen LogP contribution in [-0.2, 0) is 6.54 Å². The zero-order chi connectivity index (χ0) is 18.9. The molecule has 0 aliphatic heterocycles. The van der Waals surface area contributed by atoms with Crippen LogP contribution in [-0.4, -0.2) is 36.4 Å². The molecule has 2 aromatic rings. The van der Waals surface area contributed by atoms with Crippen LogP contribution < -0.4 is 15.6 Å². The average molecular weight is 359 g/mol. The molecular formula is C19H25N3O4. The molecule has 2 N–H and O–H groups in total. The molecule has 0 fully saturated rings. The Kier molecular flexibility index (Phi) is 7.23. The Labute approximate surface area is 153 Å². The van der Waals surface area contributed by atoms with Crippen molar-refractivity contribution in [2.75, 3.05) is 19.7 Å². The Morgan fingerprint density at radius 2 is 1.77 bits per heavy atom. The molecule has 2 rings (SSSR count). The van der Waals surface area contributed by atoms with E-state index in [2.05, 4.69) is 29.6 Å². The summed E-state index contributed by atoms with van der Waals surface area (Å²) >= 11 is 0. The number of carbonyl (C=O) groups is 2. The average Bonchev–Trinajstić information content (AvgIpc) is 3.13. The minimum Gasteiger partial charge on any atom is -0.494 e. The summed E-state index contributed by atoms with van der Waals surface area (Å²) in [6.45, 7) is 8.94. The summed E-state index contributed by atoms with van der Waals surface area (Å²) in [4.78, 5) is 26.5. The minimum atomic E-state index is -0.509. The molecule has 26 heavy (non-hydrogen) atoms. The number of furan rings is 1. The number of amides is 2. The number of benzene rings is 1. The number of ether oxygens (including phenoxy) is 1. The molecule has 1 heterocycles. The van der Waals surface area contributed by atoms with Gasteiger partial charge in [0.1, 0.15) is 11.5 Å². The second kappa shape index (κ2) is 9.62. The lowest BCUT2D eigenvalue weighted by Crippen LogP contribution is -2.41. The molecule has 2 amide bonds. The van der Waals surface area contributed by atoms with Gasteiger partial charge < -0.3 is 9.15 Å². The standard InChI is InChI=1S/C19H25N3O4/c1-4-22(5-2)13-16-10-11-17(26-16)19(24)21-20-18(23)14-8-7-9-15(12-14)25-6-3/h7-12H,4-6,13H2,1-3H3,(H,20,23)(H,21,24). The molecule has 1 aromatic heterocycles. The SMILES string of the molecule is CCOc1cccc(C(=O)NNC(=O)c2ccc(CN(CC)CC)o2)c1. The van der Waals surface area contributed by atoms with Crippen LogP contribution >= 0.6 is 0 Å². The maximum absolute atomic E-state index is 12.1. The van der Waals surface area contributed by atoms with Crippen molar-refractivity contribution in [1.82, 2.24) is 15.8 Å². The Morgan fingerprint density at radius 1 is 1.04 bits per heavy atom. The lowest BCUT2D eigenvalue weighted by Gasteiger charge is -2.15. The van der Waals surface area contributed by atoms with Crippen LogP contribution in [0.25, 0.3) is 0 Å². The van der Waals surface area contributed by atoms with Gasteiger partial charge in [-0.15, -0.1) is 0 Å². The van der Waals surface area contributed by atoms with Crippen LogP contribution in [0, 0.1) is 0 Å². The fraction of sp³-hybridized carbons (Fsp3) is 0.368. The Morgan fingerprint density at radius 3 is 2.46 bits per heavy atom. The van der Waals surface area contributed by atoms with Crippen molar-refractivity contribution in [3.8, 4) is 5.75 Å². The van der Waals surface area contributed by atoms with Crippen molar-refractivity contribution in [2.45, 2.75) is 27.3 Å². The zero-order valence-electron chi connectivity index (χ0n) is 15.4. The van der Waals surface area contributed by atoms with E-state index in [1.165, 1.54) is 0 Å². The van der Waals surface area contributed by atoms with Crippen molar-refractivity contribution in [3.05, 3.63) is 53.5 Å². The smallest absolute Gasteiger partial charge is 0.305 e. The van der Waals surface area contributed by atoms with Crippen LogP contribution in [0.1, 0.15) is 47.4 Å². The highest BCUT2D eigenvalue weighted by Gasteiger charge is 2.14. The lowest BCUT2D eigenvalue weighted by atomic mass is 10.2. The molecule has 7 heteroatoms. The normalized spacial score (nSPS) is 10.6. The van der Waals surface area contributed by atoms with E-state index in [-0.39, 0.29) is 5.76 Å². The molecule has 0 saturated carbocycles. The van der Waals surface area contributed by atoms with E-state index in [0.717, 1.165) is 13.1 Å². The minimum absolute atomic E-state index is 0.149. The number of hydrogen-bond acceptors (Lipinski definition) is 5. The van der Waals surface area contributed by atoms with E-state index < -0.39 is 11.8 Å². The third kappa shape index (κ3) is 5.35. The van der Waals surface area contributed by atoms with E-state index in [4.69, 9.17) is 9.15 Å². The molecule has 0 unspecified atom stereocenters. The number of nitrogens with zero attached hydrogens (tertiary/aromatic N) is 1. The van der Waals surface area contributed by atoms with E-state index in [0.29, 0.717) is 30.2 Å². The van der Waals surface area contributed by atoms with E-state index >= 15 is 0 Å². The maximum Gasteiger partial charge on any atom is 0.305 e. The van der Waals surface area contributed by atoms with Crippen LogP contribution in [0.5, 0.6) is 5.75 Å². The van der Waals surface area contributed by atoms with Gasteiger partial charge in [0, 0.05) is 5.56 Å². The predicted octanol–water partition coefficient (Wildman–Crippen LogP) is 2.59. The summed E-state index contributed by atoms with van der Waals surface area (Å²) in [6.07, 6.45) is 0. The third-order valence-corrected chi connectivity index (χ3v) is 3.86. The summed E-state index contributed by atoms with van der Waals surface area (Å²) in [6, 6.07) is 10.1. The van der Waals surface area contributed by atoms with E-state index in [9.17, 15) is 9.59 Å². The molecule has 0 aliphatic rings. The monoisotopic (exact) mass is 359 g/mol. The van der Waals surface area contributed by atoms with Gasteiger partial charge in [-0.25, -0.2) is 0 Å². The zero-order valence-corrected chi connectivity index (χ0v) is 15.4. The van der Waals surface area contributed by atoms with Gasteiger partial charge in [0.2, 0.25) is 0 Å². The molecule has 1 aromatic carbocycles. The quantitative estimate of drug-likeness (QED) is 0.708. The molecule has 0 spiro atoms. The van der Waals surface area contributed by atoms with Gasteiger partial charge in [-0.3, -0.25) is 25.3 Å². The predicted molar refractivity (Wildman–Crippen MR) is 97.9 cm³/mol. The second-order valence-electron chi connectivity index (χ2n) is 5.60. The second-order valence-corrected chi connectivity index (χ2v) is 5.60. The Balaban J connectivity index is 1.91. The van der Waals surface area contributed by atoms with Gasteiger partial charge >= 0.3 is 5.91 Å². The lowest BCUT2D eigenvalue weighted by molar-refractivity contribution is 0.0828. The molecule has 140 valence electrons. The third-order valence-electron chi connectivity index (χ3n) is 3.86. The summed E-state index contributed by atoms with van der Waals surface area (Å²) in [5, 5.41) is 0. The van der Waals surface area contributed by atoms with Crippen LogP contribution in [0.15, 0.2) is 40.8 Å². The first-order valence-electron chi connectivity index (χ1n) is 8.71. The van der Waals surface area contributed by atoms with Crippen molar-refractivity contribution >= 4 is 11.8 Å². The van der Waals surface area contributed by atoms with Gasteiger partial charge in [-0.1, -0.05) is 19.9 Å². The van der Waals surface area contributed by atoms with Crippen molar-refractivity contribution in [1.29, 1.82) is 0 Å². The van der Waals surface area contributed by atoms with Gasteiger partial charge in [0.25, 0.3) is 5.91 Å². The fourth-order valence-electron chi connectivity index (χ4n) is 2.39. The highest BCUT2D eigenvalue weighted by Crippen LogP contribution is 2.13. The Bertz CT molecular complexity index is 738. The van der Waals surface area contributed by atoms with Crippen molar-refractivity contribution in [3.63, 3.8) is 0 Å². The molecule has 0 atom stereocenters. The van der Waals surface area contributed by atoms with E-state index in [1.54, 1.807) is 36.4 Å². The molecule has 7 nitrogen and oxygen atoms in total. The van der Waals surface area contributed by atoms with Crippen LogP contribution in [0.4, 0.5) is 0 Å². The first-order chi connectivity index (χ1) is 12.6. The maximum atomic E-state index is 12.1. The van der Waals surface area contributed by atoms with Gasteiger partial charge in [-0.05, 0) is 50.3 Å². The summed E-state index contributed by atoms with van der Waals surface area (Å²) in [7, 11) is 0. The van der Waals surface area contributed by atoms with Crippen molar-refractivity contribution in [2.24, 2.45) is 0 Å². The number of nitrogens with one attached hydrogen (secondary N) is 2. The first-order valence-corrected chi connectivity index (χ1v) is 8.71. The number of hydrogen-bond donors (Lipinski definition) is 2. The number of rotatable bonds is 8. The van der Waals surface area contributed by atoms with Crippen molar-refractivity contribution < 1.29 is 18.7 Å². The number of hydrazine groups is 1. The van der Waals surface area contributed by atoms with Crippen LogP contribution in [0.3, 0.4) is 0 Å². The molecule has 0 radical (unpaired) electrons. The summed E-state index contributed by atoms with van der Waals surface area (Å²) < 4.78 is 10.9. The molecular weight excluding hydrogens is 334 g/mol. The highest BCUT2D eigenvalue weighted by molar-refractivity contribution is 5.98. The summed E-state index contributed by atoms with van der Waals surface area (Å²) in [5.41, 5.74) is 5.12. The topological polar surface area (TPSA) is 83.8 Å². The van der Waals surface area contributed by atoms with E-state index in [1.807, 2.05) is 6.92 Å². The largest absolute Gasteiger partial charge is 0.494 e. The fourth-order valence-corrected chi connectivity index (χ4v) is 2.39. The number of carbonyl (C=O) groups excluding carboxylic acids is 2.